The summed E-state index contributed by atoms with van der Waals surface area (Å²) < 4.78 is 34.3. The van der Waals surface area contributed by atoms with Crippen LogP contribution in [0.5, 0.6) is 34.5 Å². The molecule has 0 aromatic heterocycles. The number of methoxy groups -OCH3 is 6. The minimum Gasteiger partial charge on any atom is -0.493 e. The Bertz CT molecular complexity index is 1130. The van der Waals surface area contributed by atoms with Gasteiger partial charge in [-0.15, -0.1) is 0 Å². The van der Waals surface area contributed by atoms with Crippen molar-refractivity contribution in [1.29, 1.82) is 0 Å². The van der Waals surface area contributed by atoms with Crippen molar-refractivity contribution in [1.82, 2.24) is 0 Å². The molecule has 0 spiro atoms. The molecule has 3 atom stereocenters. The number of para-hydroxylation sites is 3. The summed E-state index contributed by atoms with van der Waals surface area (Å²) in [6.07, 6.45) is 0. The molecule has 0 saturated heterocycles. The molecule has 0 aliphatic heterocycles. The molecule has 6 nitrogen and oxygen atoms in total. The number of hydrogen-bond donors (Lipinski definition) is 0. The van der Waals surface area contributed by atoms with E-state index in [2.05, 4.69) is 49.2 Å². The van der Waals surface area contributed by atoms with Gasteiger partial charge in [-0.1, -0.05) is 57.2 Å². The predicted molar refractivity (Wildman–Crippen MR) is 172 cm³/mol. The average Bonchev–Trinajstić information content (AvgIpc) is 2.99. The topological polar surface area (TPSA) is 55.4 Å². The Morgan fingerprint density at radius 1 is 0.488 bits per heavy atom. The molecular formula is C31H39O6Si4. The highest BCUT2D eigenvalue weighted by molar-refractivity contribution is 6.63. The Labute approximate surface area is 256 Å². The zero-order valence-electron chi connectivity index (χ0n) is 25.4. The Balaban J connectivity index is 2.06. The standard InChI is InChI=1S/C31H39O6Si4/c1-19(39-25-16-10-13-22(32-4)28(25)35-7)31(38,20(2)40-26-17-11-14-23(33-5)29(26)36-8)21(3)41-27-18-12-15-24(34-6)30(27)37-9/h10-21H,1-9H3. The Kier molecular flexibility index (Phi) is 12.0. The molecule has 9 radical (unpaired) electrons. The van der Waals surface area contributed by atoms with Gasteiger partial charge in [0.2, 0.25) is 0 Å². The van der Waals surface area contributed by atoms with Gasteiger partial charge in [0.1, 0.15) is 0 Å². The van der Waals surface area contributed by atoms with Crippen molar-refractivity contribution in [2.45, 2.75) is 42.4 Å². The lowest BCUT2D eigenvalue weighted by atomic mass is 9.96. The van der Waals surface area contributed by atoms with E-state index in [1.54, 1.807) is 42.7 Å². The molecule has 3 aromatic carbocycles. The molecule has 0 fully saturated rings. The van der Waals surface area contributed by atoms with E-state index in [1.807, 2.05) is 36.4 Å². The van der Waals surface area contributed by atoms with E-state index < -0.39 is 0 Å². The molecule has 0 N–H and O–H groups in total. The summed E-state index contributed by atoms with van der Waals surface area (Å²) in [7, 11) is 16.1. The molecule has 10 heteroatoms. The van der Waals surface area contributed by atoms with Crippen LogP contribution in [-0.2, 0) is 0 Å². The monoisotopic (exact) mass is 619 g/mol. The van der Waals surface area contributed by atoms with Crippen molar-refractivity contribution >= 4 is 54.4 Å². The quantitative estimate of drug-likeness (QED) is 0.241. The summed E-state index contributed by atoms with van der Waals surface area (Å²) in [4.78, 5) is 0. The summed E-state index contributed by atoms with van der Waals surface area (Å²) in [5.41, 5.74) is 0.745. The molecule has 0 bridgehead atoms. The second-order valence-corrected chi connectivity index (χ2v) is 15.6. The number of benzene rings is 3. The first-order valence-electron chi connectivity index (χ1n) is 13.4. The third-order valence-corrected chi connectivity index (χ3v) is 14.5. The van der Waals surface area contributed by atoms with Crippen molar-refractivity contribution < 1.29 is 28.4 Å². The van der Waals surface area contributed by atoms with Crippen LogP contribution in [0.4, 0.5) is 0 Å². The summed E-state index contributed by atoms with van der Waals surface area (Å²) in [6, 6.07) is 18.3. The third kappa shape index (κ3) is 7.04. The smallest absolute Gasteiger partial charge is 0.160 e. The molecule has 215 valence electrons. The molecule has 3 aromatic rings. The minimum absolute atomic E-state index is 0.248. The SMILES string of the molecule is COc1cccc([Si]C(C)C([Si])(C(C)[Si]c2cccc(OC)c2OC)C(C)[Si]c2cccc(OC)c2OC)c1OC. The fourth-order valence-corrected chi connectivity index (χ4v) is 11.6. The van der Waals surface area contributed by atoms with E-state index in [4.69, 9.17) is 28.4 Å². The molecule has 0 aliphatic carbocycles. The average molecular weight is 620 g/mol. The van der Waals surface area contributed by atoms with Crippen LogP contribution in [0.1, 0.15) is 20.8 Å². The van der Waals surface area contributed by atoms with Gasteiger partial charge in [0.25, 0.3) is 0 Å². The van der Waals surface area contributed by atoms with Crippen molar-refractivity contribution in [3.8, 4) is 34.5 Å². The number of ether oxygens (including phenoxy) is 6. The van der Waals surface area contributed by atoms with Gasteiger partial charge < -0.3 is 28.4 Å². The maximum absolute atomic E-state index is 5.81. The van der Waals surface area contributed by atoms with E-state index >= 15 is 0 Å². The molecule has 0 amide bonds. The van der Waals surface area contributed by atoms with Gasteiger partial charge in [-0.05, 0) is 55.4 Å². The molecule has 0 saturated carbocycles. The predicted octanol–water partition coefficient (Wildman–Crippen LogP) is 3.88. The molecule has 41 heavy (non-hydrogen) atoms. The third-order valence-electron chi connectivity index (χ3n) is 7.47. The van der Waals surface area contributed by atoms with E-state index in [1.165, 1.54) is 0 Å². The van der Waals surface area contributed by atoms with Crippen LogP contribution in [0.25, 0.3) is 0 Å². The largest absolute Gasteiger partial charge is 0.493 e. The summed E-state index contributed by atoms with van der Waals surface area (Å²) in [5, 5.41) is 3.17. The zero-order valence-corrected chi connectivity index (χ0v) is 29.4. The summed E-state index contributed by atoms with van der Waals surface area (Å²) in [5.74, 6) is 4.62. The normalized spacial score (nSPS) is 14.8. The van der Waals surface area contributed by atoms with E-state index in [9.17, 15) is 0 Å². The highest BCUT2D eigenvalue weighted by atomic mass is 28.2. The summed E-state index contributed by atoms with van der Waals surface area (Å²) in [6.45, 7) is 6.99. The zero-order chi connectivity index (χ0) is 30.2. The first-order chi connectivity index (χ1) is 19.7. The van der Waals surface area contributed by atoms with Crippen LogP contribution in [0.2, 0.25) is 21.7 Å². The number of hydrogen-bond acceptors (Lipinski definition) is 6. The maximum Gasteiger partial charge on any atom is 0.160 e. The number of rotatable bonds is 15. The maximum atomic E-state index is 5.81. The van der Waals surface area contributed by atoms with Crippen LogP contribution in [-0.4, -0.2) is 81.5 Å². The van der Waals surface area contributed by atoms with Crippen molar-refractivity contribution in [2.24, 2.45) is 0 Å². The van der Waals surface area contributed by atoms with Crippen molar-refractivity contribution in [3.63, 3.8) is 0 Å². The van der Waals surface area contributed by atoms with E-state index in [0.29, 0.717) is 28.6 Å². The fraction of sp³-hybridized carbons (Fsp3) is 0.419. The molecular weight excluding hydrogens is 581 g/mol. The fourth-order valence-electron chi connectivity index (χ4n) is 5.19. The lowest BCUT2D eigenvalue weighted by Gasteiger charge is -2.46. The van der Waals surface area contributed by atoms with Crippen LogP contribution >= 0.6 is 0 Å². The Hall–Kier alpha value is -2.67. The van der Waals surface area contributed by atoms with Gasteiger partial charge in [-0.3, -0.25) is 0 Å². The highest BCUT2D eigenvalue weighted by Crippen LogP contribution is 2.56. The lowest BCUT2D eigenvalue weighted by molar-refractivity contribution is 0.357. The van der Waals surface area contributed by atoms with Gasteiger partial charge in [0, 0.05) is 10.2 Å². The van der Waals surface area contributed by atoms with Gasteiger partial charge in [0.15, 0.2) is 34.5 Å². The van der Waals surface area contributed by atoms with E-state index in [-0.39, 0.29) is 21.7 Å². The molecule has 0 aliphatic rings. The van der Waals surface area contributed by atoms with Crippen LogP contribution in [0.15, 0.2) is 54.6 Å². The second-order valence-electron chi connectivity index (χ2n) is 9.65. The summed E-state index contributed by atoms with van der Waals surface area (Å²) >= 11 is 0. The molecule has 3 unspecified atom stereocenters. The Morgan fingerprint density at radius 3 is 0.976 bits per heavy atom. The van der Waals surface area contributed by atoms with Gasteiger partial charge in [0.05, 0.1) is 71.2 Å². The van der Waals surface area contributed by atoms with Crippen LogP contribution in [0.3, 0.4) is 0 Å². The lowest BCUT2D eigenvalue weighted by Crippen LogP contribution is -2.41. The first kappa shape index (κ1) is 32.8. The first-order valence-corrected chi connectivity index (χ1v) is 17.1. The molecule has 3 rings (SSSR count). The highest BCUT2D eigenvalue weighted by Gasteiger charge is 2.43. The van der Waals surface area contributed by atoms with Crippen molar-refractivity contribution in [3.05, 3.63) is 54.6 Å². The minimum atomic E-state index is -0.258. The second kappa shape index (κ2) is 15.0. The van der Waals surface area contributed by atoms with Crippen LogP contribution < -0.4 is 44.0 Å². The van der Waals surface area contributed by atoms with Gasteiger partial charge in [-0.2, -0.15) is 0 Å². The Morgan fingerprint density at radius 2 is 0.756 bits per heavy atom. The van der Waals surface area contributed by atoms with Gasteiger partial charge in [-0.25, -0.2) is 0 Å². The van der Waals surface area contributed by atoms with Crippen molar-refractivity contribution in [2.75, 3.05) is 42.7 Å². The van der Waals surface area contributed by atoms with Gasteiger partial charge >= 0.3 is 0 Å². The van der Waals surface area contributed by atoms with Crippen LogP contribution in [0, 0.1) is 0 Å². The molecule has 0 heterocycles. The van der Waals surface area contributed by atoms with E-state index in [0.717, 1.165) is 50.1 Å².